The molecule has 1 amide bonds. The Morgan fingerprint density at radius 3 is 2.67 bits per heavy atom. The molecular weight excluding hydrogens is 271 g/mol. The third-order valence-electron chi connectivity index (χ3n) is 3.49. The first-order valence-electron chi connectivity index (χ1n) is 7.51. The van der Waals surface area contributed by atoms with Crippen molar-refractivity contribution >= 4 is 17.5 Å². The van der Waals surface area contributed by atoms with Crippen molar-refractivity contribution in [2.45, 2.75) is 45.9 Å². The average Bonchev–Trinajstić information content (AvgIpc) is 2.47. The summed E-state index contributed by atoms with van der Waals surface area (Å²) in [5, 5.41) is 2.74. The van der Waals surface area contributed by atoms with Crippen LogP contribution < -0.4 is 10.2 Å². The molecule has 0 aliphatic carbocycles. The molecule has 0 unspecified atom stereocenters. The van der Waals surface area contributed by atoms with Gasteiger partial charge in [0.2, 0.25) is 0 Å². The van der Waals surface area contributed by atoms with Gasteiger partial charge in [-0.05, 0) is 50.8 Å². The number of halogens is 1. The number of rotatable bonds is 4. The Labute approximate surface area is 125 Å². The number of hydrogen-bond acceptors (Lipinski definition) is 3. The largest absolute Gasteiger partial charge is 0.447 e. The van der Waals surface area contributed by atoms with Crippen LogP contribution in [0.25, 0.3) is 0 Å². The number of carbonyl (C=O) groups is 1. The number of nitrogens with zero attached hydrogens (tertiary/aromatic N) is 1. The molecule has 0 atom stereocenters. The molecule has 2 rings (SSSR count). The highest BCUT2D eigenvalue weighted by molar-refractivity contribution is 5.90. The number of alkyl halides is 1. The van der Waals surface area contributed by atoms with Crippen LogP contribution in [0.4, 0.5) is 20.6 Å². The highest BCUT2D eigenvalue weighted by atomic mass is 19.1. The van der Waals surface area contributed by atoms with E-state index in [1.807, 2.05) is 6.07 Å². The Bertz CT molecular complexity index is 485. The molecule has 1 saturated heterocycles. The third kappa shape index (κ3) is 4.34. The third-order valence-corrected chi connectivity index (χ3v) is 3.49. The first kappa shape index (κ1) is 15.6. The number of amides is 1. The lowest BCUT2D eigenvalue weighted by atomic mass is 10.1. The summed E-state index contributed by atoms with van der Waals surface area (Å²) in [4.78, 5) is 14.0. The minimum atomic E-state index is -0.547. The van der Waals surface area contributed by atoms with E-state index in [1.165, 1.54) is 6.42 Å². The van der Waals surface area contributed by atoms with Crippen molar-refractivity contribution in [3.63, 3.8) is 0 Å². The van der Waals surface area contributed by atoms with Crippen molar-refractivity contribution in [2.24, 2.45) is 0 Å². The normalized spacial score (nSPS) is 15.1. The first-order chi connectivity index (χ1) is 10.1. The minimum absolute atomic E-state index is 0.187. The zero-order chi connectivity index (χ0) is 15.2. The molecule has 0 aromatic heterocycles. The molecule has 116 valence electrons. The zero-order valence-corrected chi connectivity index (χ0v) is 12.7. The van der Waals surface area contributed by atoms with Crippen LogP contribution in [0.3, 0.4) is 0 Å². The number of anilines is 2. The molecule has 1 aromatic rings. The van der Waals surface area contributed by atoms with Gasteiger partial charge in [0, 0.05) is 13.1 Å². The number of nitrogens with one attached hydrogen (secondary N) is 1. The van der Waals surface area contributed by atoms with E-state index in [9.17, 15) is 9.18 Å². The maximum absolute atomic E-state index is 12.9. The van der Waals surface area contributed by atoms with Crippen molar-refractivity contribution in [2.75, 3.05) is 23.3 Å². The number of ether oxygens (including phenoxy) is 1. The van der Waals surface area contributed by atoms with Crippen molar-refractivity contribution < 1.29 is 13.9 Å². The fourth-order valence-corrected chi connectivity index (χ4v) is 2.53. The molecule has 1 aliphatic heterocycles. The number of carbonyl (C=O) groups excluding carboxylic acids is 1. The van der Waals surface area contributed by atoms with E-state index in [0.29, 0.717) is 11.3 Å². The molecule has 0 bridgehead atoms. The van der Waals surface area contributed by atoms with E-state index in [4.69, 9.17) is 4.74 Å². The fourth-order valence-electron chi connectivity index (χ4n) is 2.53. The quantitative estimate of drug-likeness (QED) is 0.909. The van der Waals surface area contributed by atoms with Gasteiger partial charge in [0.25, 0.3) is 0 Å². The summed E-state index contributed by atoms with van der Waals surface area (Å²) >= 11 is 0. The minimum Gasteiger partial charge on any atom is -0.447 e. The van der Waals surface area contributed by atoms with E-state index in [-0.39, 0.29) is 6.10 Å². The van der Waals surface area contributed by atoms with Crippen LogP contribution in [0.5, 0.6) is 0 Å². The Balaban J connectivity index is 2.20. The summed E-state index contributed by atoms with van der Waals surface area (Å²) in [6.45, 7) is 4.96. The summed E-state index contributed by atoms with van der Waals surface area (Å²) in [6, 6.07) is 5.33. The Morgan fingerprint density at radius 1 is 1.33 bits per heavy atom. The summed E-state index contributed by atoms with van der Waals surface area (Å²) < 4.78 is 18.0. The highest BCUT2D eigenvalue weighted by Gasteiger charge is 2.17. The van der Waals surface area contributed by atoms with Crippen LogP contribution in [0, 0.1) is 0 Å². The van der Waals surface area contributed by atoms with Gasteiger partial charge in [-0.15, -0.1) is 0 Å². The summed E-state index contributed by atoms with van der Waals surface area (Å²) in [6.07, 6.45) is 2.82. The topological polar surface area (TPSA) is 41.6 Å². The molecule has 21 heavy (non-hydrogen) atoms. The predicted molar refractivity (Wildman–Crippen MR) is 82.6 cm³/mol. The van der Waals surface area contributed by atoms with Gasteiger partial charge in [0.1, 0.15) is 6.67 Å². The van der Waals surface area contributed by atoms with Gasteiger partial charge < -0.3 is 9.64 Å². The smallest absolute Gasteiger partial charge is 0.411 e. The van der Waals surface area contributed by atoms with Gasteiger partial charge in [0.15, 0.2) is 0 Å². The first-order valence-corrected chi connectivity index (χ1v) is 7.51. The number of piperidine rings is 1. The molecular formula is C16H23FN2O2. The second kappa shape index (κ2) is 7.29. The molecule has 1 N–H and O–H groups in total. The number of hydrogen-bond donors (Lipinski definition) is 1. The van der Waals surface area contributed by atoms with E-state index in [1.54, 1.807) is 26.0 Å². The molecule has 0 spiro atoms. The Kier molecular flexibility index (Phi) is 5.42. The van der Waals surface area contributed by atoms with Gasteiger partial charge in [-0.1, -0.05) is 6.07 Å². The van der Waals surface area contributed by atoms with Crippen LogP contribution >= 0.6 is 0 Å². The van der Waals surface area contributed by atoms with Crippen molar-refractivity contribution in [3.05, 3.63) is 23.8 Å². The molecule has 1 aliphatic rings. The highest BCUT2D eigenvalue weighted by Crippen LogP contribution is 2.30. The van der Waals surface area contributed by atoms with Gasteiger partial charge in [-0.25, -0.2) is 9.18 Å². The van der Waals surface area contributed by atoms with E-state index >= 15 is 0 Å². The average molecular weight is 294 g/mol. The van der Waals surface area contributed by atoms with Gasteiger partial charge in [-0.3, -0.25) is 5.32 Å². The zero-order valence-electron chi connectivity index (χ0n) is 12.7. The molecule has 5 heteroatoms. The summed E-state index contributed by atoms with van der Waals surface area (Å²) in [5.41, 5.74) is 2.11. The maximum atomic E-state index is 12.9. The second-order valence-electron chi connectivity index (χ2n) is 5.61. The van der Waals surface area contributed by atoms with Crippen LogP contribution in [0.15, 0.2) is 18.2 Å². The van der Waals surface area contributed by atoms with E-state index < -0.39 is 12.8 Å². The lowest BCUT2D eigenvalue weighted by Crippen LogP contribution is -2.30. The Hall–Kier alpha value is -1.78. The summed E-state index contributed by atoms with van der Waals surface area (Å²) in [7, 11) is 0. The van der Waals surface area contributed by atoms with E-state index in [0.717, 1.165) is 31.6 Å². The molecule has 1 aromatic carbocycles. The second-order valence-corrected chi connectivity index (χ2v) is 5.61. The maximum Gasteiger partial charge on any atom is 0.411 e. The van der Waals surface area contributed by atoms with Gasteiger partial charge in [0.05, 0.1) is 17.5 Å². The molecule has 0 radical (unpaired) electrons. The predicted octanol–water partition coefficient (Wildman–Crippen LogP) is 4.10. The molecule has 1 heterocycles. The molecule has 1 fully saturated rings. The lowest BCUT2D eigenvalue weighted by molar-refractivity contribution is 0.130. The summed E-state index contributed by atoms with van der Waals surface area (Å²) in [5.74, 6) is 0. The van der Waals surface area contributed by atoms with Crippen LogP contribution in [0.1, 0.15) is 38.7 Å². The van der Waals surface area contributed by atoms with Crippen LogP contribution in [0.2, 0.25) is 0 Å². The molecule has 0 saturated carbocycles. The van der Waals surface area contributed by atoms with Gasteiger partial charge in [-0.2, -0.15) is 0 Å². The fraction of sp³-hybridized carbons (Fsp3) is 0.562. The molecule has 4 nitrogen and oxygen atoms in total. The van der Waals surface area contributed by atoms with E-state index in [2.05, 4.69) is 10.2 Å². The van der Waals surface area contributed by atoms with Crippen molar-refractivity contribution in [3.8, 4) is 0 Å². The SMILES string of the molecule is CC(C)OC(=O)Nc1cc(CF)ccc1N1CCCCC1. The van der Waals surface area contributed by atoms with Crippen molar-refractivity contribution in [1.82, 2.24) is 0 Å². The van der Waals surface area contributed by atoms with Gasteiger partial charge >= 0.3 is 6.09 Å². The van der Waals surface area contributed by atoms with Crippen molar-refractivity contribution in [1.29, 1.82) is 0 Å². The lowest BCUT2D eigenvalue weighted by Gasteiger charge is -2.30. The standard InChI is InChI=1S/C16H23FN2O2/c1-12(2)21-16(20)18-14-10-13(11-17)6-7-15(14)19-8-4-3-5-9-19/h6-7,10,12H,3-5,8-9,11H2,1-2H3,(H,18,20). The van der Waals surface area contributed by atoms with Crippen LogP contribution in [-0.2, 0) is 11.4 Å². The monoisotopic (exact) mass is 294 g/mol. The number of benzene rings is 1. The van der Waals surface area contributed by atoms with Crippen LogP contribution in [-0.4, -0.2) is 25.3 Å². The Morgan fingerprint density at radius 2 is 2.05 bits per heavy atom.